The Kier molecular flexibility index (Phi) is 5.75. The van der Waals surface area contributed by atoms with Crippen LogP contribution >= 0.6 is 0 Å². The normalized spacial score (nSPS) is 23.5. The van der Waals surface area contributed by atoms with Gasteiger partial charge in [0.05, 0.1) is 0 Å². The molecule has 4 amide bonds. The average Bonchev–Trinajstić information content (AvgIpc) is 3.07. The molecule has 0 aromatic heterocycles. The fraction of sp³-hybridized carbons (Fsp3) is 0.500. The number of imide groups is 1. The first-order valence-electron chi connectivity index (χ1n) is 10.6. The molecule has 3 aliphatic rings. The number of aliphatic carboxylic acids is 1. The molecule has 0 radical (unpaired) electrons. The van der Waals surface area contributed by atoms with E-state index >= 15 is 0 Å². The zero-order chi connectivity index (χ0) is 22.1. The van der Waals surface area contributed by atoms with Gasteiger partial charge in [0, 0.05) is 43.6 Å². The Hall–Kier alpha value is -3.23. The SMILES string of the molecule is O=C(O)CCC1CCCN(C(=O)c2ccc3c(c2)CN(C2CCC(=O)NC2=O)C3=O)C1. The number of carbonyl (C=O) groups excluding carboxylic acids is 4. The van der Waals surface area contributed by atoms with Gasteiger partial charge >= 0.3 is 5.97 Å². The molecule has 2 fully saturated rings. The molecule has 31 heavy (non-hydrogen) atoms. The van der Waals surface area contributed by atoms with E-state index < -0.39 is 17.9 Å². The van der Waals surface area contributed by atoms with Gasteiger partial charge in [-0.15, -0.1) is 0 Å². The molecule has 164 valence electrons. The number of benzene rings is 1. The van der Waals surface area contributed by atoms with Crippen molar-refractivity contribution in [2.45, 2.75) is 51.1 Å². The van der Waals surface area contributed by atoms with Crippen LogP contribution in [0.25, 0.3) is 0 Å². The maximum absolute atomic E-state index is 13.0. The van der Waals surface area contributed by atoms with Crippen molar-refractivity contribution in [3.63, 3.8) is 0 Å². The Morgan fingerprint density at radius 1 is 1.16 bits per heavy atom. The second kappa shape index (κ2) is 8.49. The van der Waals surface area contributed by atoms with Gasteiger partial charge in [0.25, 0.3) is 11.8 Å². The van der Waals surface area contributed by atoms with Gasteiger partial charge in [0.2, 0.25) is 11.8 Å². The second-order valence-corrected chi connectivity index (χ2v) is 8.46. The number of hydrogen-bond acceptors (Lipinski definition) is 5. The topological polar surface area (TPSA) is 124 Å². The Bertz CT molecular complexity index is 959. The van der Waals surface area contributed by atoms with E-state index in [4.69, 9.17) is 5.11 Å². The molecule has 2 atom stereocenters. The number of hydrogen-bond donors (Lipinski definition) is 2. The summed E-state index contributed by atoms with van der Waals surface area (Å²) in [6.45, 7) is 1.38. The van der Waals surface area contributed by atoms with E-state index in [0.717, 1.165) is 12.8 Å². The minimum atomic E-state index is -0.827. The Balaban J connectivity index is 1.45. The molecule has 1 aromatic rings. The highest BCUT2D eigenvalue weighted by Crippen LogP contribution is 2.29. The maximum atomic E-state index is 13.0. The summed E-state index contributed by atoms with van der Waals surface area (Å²) in [6, 6.07) is 4.28. The number of nitrogens with zero attached hydrogens (tertiary/aromatic N) is 2. The number of likely N-dealkylation sites (tertiary alicyclic amines) is 1. The monoisotopic (exact) mass is 427 g/mol. The molecule has 2 unspecified atom stereocenters. The predicted molar refractivity (Wildman–Crippen MR) is 108 cm³/mol. The number of piperidine rings is 2. The quantitative estimate of drug-likeness (QED) is 0.680. The molecular weight excluding hydrogens is 402 g/mol. The Labute approximate surface area is 179 Å². The first-order chi connectivity index (χ1) is 14.8. The highest BCUT2D eigenvalue weighted by atomic mass is 16.4. The Morgan fingerprint density at radius 3 is 2.71 bits per heavy atom. The predicted octanol–water partition coefficient (Wildman–Crippen LogP) is 1.16. The highest BCUT2D eigenvalue weighted by Gasteiger charge is 2.39. The van der Waals surface area contributed by atoms with Crippen molar-refractivity contribution in [1.82, 2.24) is 15.1 Å². The van der Waals surface area contributed by atoms with Crippen molar-refractivity contribution in [2.24, 2.45) is 5.92 Å². The van der Waals surface area contributed by atoms with Gasteiger partial charge in [-0.3, -0.25) is 29.3 Å². The molecule has 3 aliphatic heterocycles. The van der Waals surface area contributed by atoms with Gasteiger partial charge in [-0.2, -0.15) is 0 Å². The lowest BCUT2D eigenvalue weighted by atomic mass is 9.93. The molecule has 0 bridgehead atoms. The van der Waals surface area contributed by atoms with Crippen molar-refractivity contribution in [3.8, 4) is 0 Å². The third kappa shape index (κ3) is 4.30. The van der Waals surface area contributed by atoms with Gasteiger partial charge < -0.3 is 14.9 Å². The molecule has 3 heterocycles. The summed E-state index contributed by atoms with van der Waals surface area (Å²) in [5, 5.41) is 11.2. The van der Waals surface area contributed by atoms with E-state index in [-0.39, 0.29) is 43.0 Å². The van der Waals surface area contributed by atoms with Gasteiger partial charge in [0.15, 0.2) is 0 Å². The third-order valence-corrected chi connectivity index (χ3v) is 6.34. The van der Waals surface area contributed by atoms with Crippen LogP contribution in [0.2, 0.25) is 0 Å². The fourth-order valence-electron chi connectivity index (χ4n) is 4.70. The van der Waals surface area contributed by atoms with E-state index in [0.29, 0.717) is 42.6 Å². The zero-order valence-electron chi connectivity index (χ0n) is 17.1. The summed E-state index contributed by atoms with van der Waals surface area (Å²) in [6.07, 6.45) is 2.89. The lowest BCUT2D eigenvalue weighted by molar-refractivity contribution is -0.138. The number of fused-ring (bicyclic) bond motifs is 1. The van der Waals surface area contributed by atoms with Crippen molar-refractivity contribution in [2.75, 3.05) is 13.1 Å². The van der Waals surface area contributed by atoms with Crippen LogP contribution in [0.1, 0.15) is 64.8 Å². The summed E-state index contributed by atoms with van der Waals surface area (Å²) in [7, 11) is 0. The van der Waals surface area contributed by atoms with Gasteiger partial charge in [0.1, 0.15) is 6.04 Å². The molecular formula is C22H25N3O6. The van der Waals surface area contributed by atoms with Gasteiger partial charge in [-0.1, -0.05) is 0 Å². The summed E-state index contributed by atoms with van der Waals surface area (Å²) < 4.78 is 0. The van der Waals surface area contributed by atoms with Crippen LogP contribution in [0.5, 0.6) is 0 Å². The van der Waals surface area contributed by atoms with E-state index in [9.17, 15) is 24.0 Å². The van der Waals surface area contributed by atoms with Crippen molar-refractivity contribution in [3.05, 3.63) is 34.9 Å². The highest BCUT2D eigenvalue weighted by molar-refractivity contribution is 6.06. The van der Waals surface area contributed by atoms with E-state index in [1.54, 1.807) is 23.1 Å². The molecule has 0 aliphatic carbocycles. The minimum Gasteiger partial charge on any atom is -0.481 e. The molecule has 0 spiro atoms. The van der Waals surface area contributed by atoms with E-state index in [1.165, 1.54) is 4.90 Å². The van der Waals surface area contributed by atoms with Crippen LogP contribution in [-0.2, 0) is 20.9 Å². The van der Waals surface area contributed by atoms with Crippen molar-refractivity contribution in [1.29, 1.82) is 0 Å². The summed E-state index contributed by atoms with van der Waals surface area (Å²) >= 11 is 0. The molecule has 1 aromatic carbocycles. The summed E-state index contributed by atoms with van der Waals surface area (Å²) in [5.74, 6) is -1.85. The van der Waals surface area contributed by atoms with Gasteiger partial charge in [-0.05, 0) is 55.4 Å². The molecule has 9 heteroatoms. The molecule has 2 saturated heterocycles. The number of carboxylic acids is 1. The first kappa shape index (κ1) is 21.0. The van der Waals surface area contributed by atoms with Crippen molar-refractivity contribution < 1.29 is 29.1 Å². The Morgan fingerprint density at radius 2 is 1.97 bits per heavy atom. The minimum absolute atomic E-state index is 0.101. The van der Waals surface area contributed by atoms with Crippen LogP contribution in [0.15, 0.2) is 18.2 Å². The van der Waals surface area contributed by atoms with Crippen molar-refractivity contribution >= 4 is 29.6 Å². The second-order valence-electron chi connectivity index (χ2n) is 8.46. The van der Waals surface area contributed by atoms with E-state index in [1.807, 2.05) is 0 Å². The average molecular weight is 427 g/mol. The van der Waals surface area contributed by atoms with Crippen LogP contribution in [0.3, 0.4) is 0 Å². The van der Waals surface area contributed by atoms with Gasteiger partial charge in [-0.25, -0.2) is 0 Å². The zero-order valence-corrected chi connectivity index (χ0v) is 17.1. The lowest BCUT2D eigenvalue weighted by Gasteiger charge is -2.32. The fourth-order valence-corrected chi connectivity index (χ4v) is 4.70. The molecule has 0 saturated carbocycles. The summed E-state index contributed by atoms with van der Waals surface area (Å²) in [5.41, 5.74) is 1.65. The standard InChI is InChI=1S/C22H25N3O6/c26-18-7-6-17(20(29)23-18)25-12-15-10-14(4-5-16(15)22(25)31)21(30)24-9-1-2-13(11-24)3-8-19(27)28/h4-5,10,13,17H,1-3,6-9,11-12H2,(H,27,28)(H,23,26,29). The molecule has 2 N–H and O–H groups in total. The van der Waals surface area contributed by atoms with Crippen LogP contribution < -0.4 is 5.32 Å². The third-order valence-electron chi connectivity index (χ3n) is 6.34. The number of nitrogens with one attached hydrogen (secondary N) is 1. The number of carboxylic acid groups (broad SMARTS) is 1. The van der Waals surface area contributed by atoms with Crippen LogP contribution in [-0.4, -0.2) is 63.6 Å². The number of amides is 4. The summed E-state index contributed by atoms with van der Waals surface area (Å²) in [4.78, 5) is 63.5. The maximum Gasteiger partial charge on any atom is 0.303 e. The molecule has 9 nitrogen and oxygen atoms in total. The smallest absolute Gasteiger partial charge is 0.303 e. The van der Waals surface area contributed by atoms with Crippen LogP contribution in [0.4, 0.5) is 0 Å². The number of rotatable bonds is 5. The van der Waals surface area contributed by atoms with Crippen LogP contribution in [0, 0.1) is 5.92 Å². The largest absolute Gasteiger partial charge is 0.481 e. The lowest BCUT2D eigenvalue weighted by Crippen LogP contribution is -2.52. The van der Waals surface area contributed by atoms with E-state index in [2.05, 4.69) is 5.32 Å². The number of carbonyl (C=O) groups is 5. The first-order valence-corrected chi connectivity index (χ1v) is 10.6. The molecule has 4 rings (SSSR count).